The Bertz CT molecular complexity index is 1460. The van der Waals surface area contributed by atoms with Crippen molar-refractivity contribution < 1.29 is 24.5 Å². The van der Waals surface area contributed by atoms with E-state index in [4.69, 9.17) is 9.47 Å². The normalized spacial score (nSPS) is 17.5. The summed E-state index contributed by atoms with van der Waals surface area (Å²) >= 11 is 28.0. The second-order valence-electron chi connectivity index (χ2n) is 6.95. The number of phenolic OH excluding ortho intramolecular Hbond substituents is 2. The molecule has 0 saturated heterocycles. The summed E-state index contributed by atoms with van der Waals surface area (Å²) in [7, 11) is 0. The predicted molar refractivity (Wildman–Crippen MR) is 157 cm³/mol. The van der Waals surface area contributed by atoms with Crippen molar-refractivity contribution in [1.82, 2.24) is 0 Å². The van der Waals surface area contributed by atoms with E-state index < -0.39 is 11.6 Å². The Morgan fingerprint density at radius 3 is 1.91 bits per heavy atom. The number of rotatable bonds is 0. The molecule has 34 heavy (non-hydrogen) atoms. The fraction of sp³-hybridized carbons (Fsp3) is 0.0500. The summed E-state index contributed by atoms with van der Waals surface area (Å²) in [6.45, 7) is 0. The molecule has 3 aromatic carbocycles. The summed E-state index contributed by atoms with van der Waals surface area (Å²) in [4.78, 5) is 13.4. The van der Waals surface area contributed by atoms with Crippen molar-refractivity contribution >= 4 is 163 Å². The van der Waals surface area contributed by atoms with E-state index in [-0.39, 0.29) is 61.5 Å². The van der Waals surface area contributed by atoms with E-state index in [2.05, 4.69) is 127 Å². The Morgan fingerprint density at radius 1 is 0.676 bits per heavy atom. The summed E-state index contributed by atoms with van der Waals surface area (Å²) in [5.74, 6) is -0.299. The molecular weight excluding hydrogens is 982 g/mol. The Hall–Kier alpha value is 1.37. The van der Waals surface area contributed by atoms with Crippen LogP contribution >= 0.6 is 127 Å². The summed E-state index contributed by atoms with van der Waals surface area (Å²) in [5.41, 5.74) is 0.236. The number of esters is 1. The summed E-state index contributed by atoms with van der Waals surface area (Å²) in [6.07, 6.45) is 0. The zero-order valence-electron chi connectivity index (χ0n) is 15.3. The molecule has 2 N–H and O–H groups in total. The zero-order valence-corrected chi connectivity index (χ0v) is 28.0. The quantitative estimate of drug-likeness (QED) is 0.102. The summed E-state index contributed by atoms with van der Waals surface area (Å²) in [5, 5.41) is 21.0. The molecule has 0 radical (unpaired) electrons. The molecule has 1 spiro atoms. The molecule has 0 bridgehead atoms. The van der Waals surface area contributed by atoms with E-state index in [9.17, 15) is 15.0 Å². The SMILES string of the molecule is O=C1OC2(c3ccc(O)c(Br)c3Oc3c(Br)c(O)c(Br)c(Br)c32)c2c(Br)c(Br)c(Br)c(Br)c21.[NaH]. The minimum absolute atomic E-state index is 0. The van der Waals surface area contributed by atoms with Crippen LogP contribution in [0.5, 0.6) is 23.0 Å². The minimum atomic E-state index is -1.51. The zero-order chi connectivity index (χ0) is 24.1. The number of benzene rings is 3. The number of hydrogen-bond acceptors (Lipinski definition) is 5. The monoisotopic (exact) mass is 979 g/mol. The van der Waals surface area contributed by atoms with E-state index in [0.717, 1.165) is 0 Å². The number of carbonyl (C=O) groups is 1. The van der Waals surface area contributed by atoms with Crippen LogP contribution in [0.1, 0.15) is 27.0 Å². The number of phenols is 2. The van der Waals surface area contributed by atoms with E-state index in [0.29, 0.717) is 49.1 Å². The van der Waals surface area contributed by atoms with Crippen molar-refractivity contribution in [1.29, 1.82) is 0 Å². The molecule has 2 heterocycles. The molecule has 5 rings (SSSR count). The first-order valence-corrected chi connectivity index (χ1v) is 15.0. The number of aromatic hydroxyl groups is 2. The van der Waals surface area contributed by atoms with Gasteiger partial charge in [0, 0.05) is 33.5 Å². The van der Waals surface area contributed by atoms with Crippen molar-refractivity contribution in [2.75, 3.05) is 0 Å². The molecule has 3 aromatic rings. The Labute approximate surface area is 282 Å². The van der Waals surface area contributed by atoms with Gasteiger partial charge in [-0.2, -0.15) is 0 Å². The Morgan fingerprint density at radius 2 is 1.26 bits per heavy atom. The molecule has 5 nitrogen and oxygen atoms in total. The van der Waals surface area contributed by atoms with Crippen LogP contribution in [-0.4, -0.2) is 45.7 Å². The maximum atomic E-state index is 13.4. The third-order valence-electron chi connectivity index (χ3n) is 5.34. The van der Waals surface area contributed by atoms with Gasteiger partial charge >= 0.3 is 35.5 Å². The van der Waals surface area contributed by atoms with Gasteiger partial charge in [-0.25, -0.2) is 4.79 Å². The van der Waals surface area contributed by atoms with Crippen molar-refractivity contribution in [2.24, 2.45) is 0 Å². The molecule has 2 aliphatic heterocycles. The van der Waals surface area contributed by atoms with Gasteiger partial charge in [0.1, 0.15) is 20.4 Å². The second kappa shape index (κ2) is 9.84. The number of halogens is 8. The Kier molecular flexibility index (Phi) is 8.21. The van der Waals surface area contributed by atoms with Gasteiger partial charge in [-0.3, -0.25) is 0 Å². The Balaban J connectivity index is 0.00000274. The first-order chi connectivity index (χ1) is 15.4. The second-order valence-corrected chi connectivity index (χ2v) is 13.3. The molecule has 14 heteroatoms. The van der Waals surface area contributed by atoms with Crippen LogP contribution in [0.4, 0.5) is 0 Å². The van der Waals surface area contributed by atoms with Crippen LogP contribution < -0.4 is 4.74 Å². The topological polar surface area (TPSA) is 76.0 Å². The third-order valence-corrected chi connectivity index (χ3v) is 13.7. The maximum absolute atomic E-state index is 13.4. The fourth-order valence-electron chi connectivity index (χ4n) is 3.96. The molecule has 1 unspecified atom stereocenters. The number of fused-ring (bicyclic) bond motifs is 6. The molecule has 0 aromatic heterocycles. The van der Waals surface area contributed by atoms with E-state index in [1.165, 1.54) is 6.07 Å². The van der Waals surface area contributed by atoms with E-state index in [1.807, 2.05) is 0 Å². The van der Waals surface area contributed by atoms with Crippen molar-refractivity contribution in [3.8, 4) is 23.0 Å². The standard InChI is InChI=1S/C20H4Br8O5.Na.H/c21-8-4(29)2-1-3-17(8)32-18-7(11(24)14(27)16(30)15(18)28)20(3)6-5(19(31)33-20)9(22)12(25)13(26)10(6)23;;/h1-2,29-30H;;. The molecule has 0 saturated carbocycles. The van der Waals surface area contributed by atoms with Crippen LogP contribution in [0.15, 0.2) is 47.9 Å². The first-order valence-electron chi connectivity index (χ1n) is 8.64. The van der Waals surface area contributed by atoms with Crippen LogP contribution in [0, 0.1) is 0 Å². The van der Waals surface area contributed by atoms with Gasteiger partial charge in [-0.1, -0.05) is 0 Å². The fourth-order valence-corrected chi connectivity index (χ4v) is 8.73. The molecule has 172 valence electrons. The van der Waals surface area contributed by atoms with Gasteiger partial charge in [0.2, 0.25) is 0 Å². The average molecular weight is 987 g/mol. The van der Waals surface area contributed by atoms with Crippen molar-refractivity contribution in [3.05, 3.63) is 70.2 Å². The van der Waals surface area contributed by atoms with Crippen molar-refractivity contribution in [2.45, 2.75) is 5.60 Å². The average Bonchev–Trinajstić information content (AvgIpc) is 3.08. The van der Waals surface area contributed by atoms with Gasteiger partial charge in [0.25, 0.3) is 0 Å². The van der Waals surface area contributed by atoms with Crippen LogP contribution in [-0.2, 0) is 10.3 Å². The van der Waals surface area contributed by atoms with Gasteiger partial charge in [-0.15, -0.1) is 0 Å². The third kappa shape index (κ3) is 3.69. The van der Waals surface area contributed by atoms with Gasteiger partial charge < -0.3 is 19.7 Å². The predicted octanol–water partition coefficient (Wildman–Crippen LogP) is 9.12. The molecule has 1 atom stereocenters. The molecule has 0 fully saturated rings. The number of carbonyl (C=O) groups excluding carboxylic acids is 1. The molecule has 0 aliphatic carbocycles. The van der Waals surface area contributed by atoms with Gasteiger partial charge in [0.15, 0.2) is 17.1 Å². The van der Waals surface area contributed by atoms with Gasteiger partial charge in [-0.05, 0) is 140 Å². The van der Waals surface area contributed by atoms with Crippen LogP contribution in [0.3, 0.4) is 0 Å². The summed E-state index contributed by atoms with van der Waals surface area (Å²) < 4.78 is 16.1. The van der Waals surface area contributed by atoms with Crippen LogP contribution in [0.2, 0.25) is 0 Å². The molecule has 0 amide bonds. The van der Waals surface area contributed by atoms with Crippen LogP contribution in [0.25, 0.3) is 0 Å². The number of hydrogen-bond donors (Lipinski definition) is 2. The number of ether oxygens (including phenoxy) is 2. The first kappa shape index (κ1) is 28.4. The molecule has 2 aliphatic rings. The van der Waals surface area contributed by atoms with E-state index in [1.54, 1.807) is 6.07 Å². The van der Waals surface area contributed by atoms with E-state index >= 15 is 0 Å². The van der Waals surface area contributed by atoms with Gasteiger partial charge in [0.05, 0.1) is 15.6 Å². The van der Waals surface area contributed by atoms with Crippen molar-refractivity contribution in [3.63, 3.8) is 0 Å². The summed E-state index contributed by atoms with van der Waals surface area (Å²) in [6, 6.07) is 3.12. The molecular formula is C20H5Br8NaO5.